The molecule has 0 saturated carbocycles. The first-order chi connectivity index (χ1) is 64.8. The first-order valence-corrected chi connectivity index (χ1v) is 44.4. The van der Waals surface area contributed by atoms with Crippen molar-refractivity contribution in [2.45, 2.75) is 105 Å². The van der Waals surface area contributed by atoms with Gasteiger partial charge in [0.1, 0.15) is 96.8 Å². The topological polar surface area (TPSA) is 309 Å². The van der Waals surface area contributed by atoms with Gasteiger partial charge in [-0.1, -0.05) is 151 Å². The van der Waals surface area contributed by atoms with Gasteiger partial charge in [0.25, 0.3) is 11.8 Å². The maximum absolute atomic E-state index is 13.4. The van der Waals surface area contributed by atoms with Crippen LogP contribution in [0.15, 0.2) is 284 Å². The van der Waals surface area contributed by atoms with Crippen LogP contribution in [0.2, 0.25) is 10.3 Å². The Morgan fingerprint density at radius 3 is 0.851 bits per heavy atom. The number of amides is 2. The fraction of sp³-hybridized carbons (Fsp3) is 0.243. The number of aliphatic hydroxyl groups is 1. The van der Waals surface area contributed by atoms with Gasteiger partial charge in [-0.15, -0.1) is 0 Å². The summed E-state index contributed by atoms with van der Waals surface area (Å²) >= 11 is 14.5. The predicted molar refractivity (Wildman–Crippen MR) is 491 cm³/mol. The van der Waals surface area contributed by atoms with Crippen LogP contribution in [-0.4, -0.2) is 129 Å². The van der Waals surface area contributed by atoms with Crippen LogP contribution in [0.1, 0.15) is 194 Å². The molecule has 18 rings (SSSR count). The number of carbonyl (C=O) groups excluding carboxylic acids is 5. The number of ether oxygens (including phenoxy) is 7. The van der Waals surface area contributed by atoms with Gasteiger partial charge in [-0.2, -0.15) is 0 Å². The zero-order valence-corrected chi connectivity index (χ0v) is 75.8. The number of methoxy groups -OCH3 is 2. The standard InChI is InChI=1S/2C25H23FN2O4.C17H16FNO3.C16H14FNO3.C15H13ClFNO.C5H3BrClN/c1-31-24(30)18-5-3-17(4-6-18)15-28-23(29)22-12-9-20(16-27-22)25(13-2-14-32-25)19-7-10-21(26)11-8-19;26-21-9-6-19(7-10-21)25(12-1-13-32-25)20-8-11-22(27-15-20)24(31)28-14-17-2-4-18(5-3-17)23(30)16-29;1-21-16(20)15-8-5-13(11-19-15)17(9-2-10-22-17)12-3-6-14(18)7-4-12;17-13-5-2-11(3-6-13)16(8-1-9-21-16)12-4-7-14(15(19)20)18-10-12;16-14-7-4-12(10-18-14)15(8-1-9-19-15)11-2-5-13(17)6-3-11;6-4-1-2-5(7)8-3-4/h3-12,16H,2,13-15H2,1H3,(H,28,29);2-11,15,29H,1,12-14,16H2,(H,28,31);3-8,11H,2,9-10H2,1H3;2-7,10H,1,8-9H2,(H,19,20);2-7,10H,1,8-9H2;1-3H. The number of halogens is 8. The number of rotatable bonds is 21. The summed E-state index contributed by atoms with van der Waals surface area (Å²) in [5.74, 6) is -4.36. The highest BCUT2D eigenvalue weighted by atomic mass is 79.9. The largest absolute Gasteiger partial charge is 0.477 e. The Labute approximate surface area is 788 Å². The average molecular weight is 1930 g/mol. The lowest BCUT2D eigenvalue weighted by molar-refractivity contribution is 0.0354. The lowest BCUT2D eigenvalue weighted by atomic mass is 9.84. The zero-order valence-electron chi connectivity index (χ0n) is 72.7. The van der Waals surface area contributed by atoms with Gasteiger partial charge in [-0.3, -0.25) is 24.4 Å². The summed E-state index contributed by atoms with van der Waals surface area (Å²) in [6, 6.07) is 65.9. The molecule has 5 saturated heterocycles. The van der Waals surface area contributed by atoms with E-state index >= 15 is 0 Å². The van der Waals surface area contributed by atoms with Crippen LogP contribution in [0.4, 0.5) is 22.0 Å². The van der Waals surface area contributed by atoms with E-state index in [-0.39, 0.29) is 76.0 Å². The van der Waals surface area contributed by atoms with E-state index < -0.39 is 52.5 Å². The summed E-state index contributed by atoms with van der Waals surface area (Å²) in [6.45, 7) is 3.18. The number of hydrogen-bond donors (Lipinski definition) is 4. The molecule has 23 nitrogen and oxygen atoms in total. The monoisotopic (exact) mass is 1920 g/mol. The van der Waals surface area contributed by atoms with Crippen molar-refractivity contribution in [2.75, 3.05) is 53.9 Å². The van der Waals surface area contributed by atoms with Crippen molar-refractivity contribution in [3.63, 3.8) is 0 Å². The van der Waals surface area contributed by atoms with Crippen molar-refractivity contribution >= 4 is 74.6 Å². The molecule has 7 aromatic carbocycles. The zero-order chi connectivity index (χ0) is 94.8. The second-order valence-electron chi connectivity index (χ2n) is 31.5. The maximum Gasteiger partial charge on any atom is 0.356 e. The molecule has 5 unspecified atom stereocenters. The summed E-state index contributed by atoms with van der Waals surface area (Å²) < 4.78 is 107. The average Bonchev–Trinajstić information content (AvgIpc) is 1.64. The van der Waals surface area contributed by atoms with E-state index in [1.165, 1.54) is 87.1 Å². The summed E-state index contributed by atoms with van der Waals surface area (Å²) in [5.41, 5.74) is 8.80. The van der Waals surface area contributed by atoms with Crippen molar-refractivity contribution in [1.29, 1.82) is 0 Å². The van der Waals surface area contributed by atoms with Crippen LogP contribution in [-0.2, 0) is 74.3 Å². The van der Waals surface area contributed by atoms with Gasteiger partial charge in [0.2, 0.25) is 0 Å². The highest BCUT2D eigenvalue weighted by Crippen LogP contribution is 2.47. The minimum atomic E-state index is -1.07. The lowest BCUT2D eigenvalue weighted by Gasteiger charge is -2.29. The molecule has 5 aliphatic heterocycles. The van der Waals surface area contributed by atoms with Crippen molar-refractivity contribution in [2.24, 2.45) is 0 Å². The molecule has 5 fully saturated rings. The van der Waals surface area contributed by atoms with E-state index in [1.807, 2.05) is 30.3 Å². The van der Waals surface area contributed by atoms with Crippen LogP contribution in [0.3, 0.4) is 0 Å². The highest BCUT2D eigenvalue weighted by Gasteiger charge is 2.44. The number of ketones is 1. The molecule has 0 bridgehead atoms. The smallest absolute Gasteiger partial charge is 0.356 e. The molecule has 0 radical (unpaired) electrons. The molecular formula is C103H92BrCl2F5N8O15. The number of aromatic nitrogens is 6. The van der Waals surface area contributed by atoms with Crippen LogP contribution in [0.25, 0.3) is 0 Å². The van der Waals surface area contributed by atoms with E-state index in [4.69, 9.17) is 57.1 Å². The molecule has 690 valence electrons. The van der Waals surface area contributed by atoms with Crippen molar-refractivity contribution < 1.29 is 94.1 Å². The number of carboxylic acid groups (broad SMARTS) is 1. The number of nitrogens with zero attached hydrogens (tertiary/aromatic N) is 6. The van der Waals surface area contributed by atoms with Crippen molar-refractivity contribution in [1.82, 2.24) is 40.5 Å². The van der Waals surface area contributed by atoms with E-state index in [0.29, 0.717) is 61.0 Å². The molecule has 6 aromatic heterocycles. The number of Topliss-reactive ketones (excluding diaryl/α,β-unsaturated/α-hetero) is 1. The minimum absolute atomic E-state index is 0.00833. The van der Waals surface area contributed by atoms with Gasteiger partial charge in [0.05, 0.1) is 19.8 Å². The molecule has 2 amide bonds. The molecule has 31 heteroatoms. The van der Waals surface area contributed by atoms with Gasteiger partial charge in [0, 0.05) is 121 Å². The third-order valence-corrected chi connectivity index (χ3v) is 24.2. The Hall–Kier alpha value is -13.1. The van der Waals surface area contributed by atoms with Gasteiger partial charge in [0.15, 0.2) is 5.78 Å². The van der Waals surface area contributed by atoms with E-state index in [9.17, 15) is 50.7 Å². The van der Waals surface area contributed by atoms with Gasteiger partial charge in [-0.05, 0) is 234 Å². The first-order valence-electron chi connectivity index (χ1n) is 42.8. The molecule has 5 aliphatic rings. The second kappa shape index (κ2) is 46.0. The Morgan fingerprint density at radius 1 is 0.343 bits per heavy atom. The quantitative estimate of drug-likeness (QED) is 0.0225. The molecule has 134 heavy (non-hydrogen) atoms. The summed E-state index contributed by atoms with van der Waals surface area (Å²) in [5, 5.41) is 24.4. The SMILES string of the molecule is COC(=O)c1ccc(C2(c3ccc(F)cc3)CCCO2)cn1.COC(=O)c1ccc(CNC(=O)c2ccc(C3(c4ccc(F)cc4)CCCO3)cn2)cc1.Clc1ccc(Br)cn1.Fc1ccc(C2(c3ccc(Cl)nc3)CCCO2)cc1.O=C(CO)c1ccc(CNC(=O)c2ccc(C3(c4ccc(F)cc4)CCCO3)cn2)cc1.O=C(O)c1ccc(C2(c3ccc(F)cc3)CCCO2)cn1. The molecule has 5 atom stereocenters. The molecule has 13 aromatic rings. The van der Waals surface area contributed by atoms with Gasteiger partial charge < -0.3 is 54.0 Å². The van der Waals surface area contributed by atoms with E-state index in [2.05, 4.69) is 65.9 Å². The number of hydrogen-bond acceptors (Lipinski definition) is 20. The number of esters is 2. The number of nitrogens with one attached hydrogen (secondary N) is 2. The van der Waals surface area contributed by atoms with Crippen LogP contribution >= 0.6 is 39.1 Å². The predicted octanol–water partition coefficient (Wildman–Crippen LogP) is 19.8. The van der Waals surface area contributed by atoms with Crippen LogP contribution < -0.4 is 10.6 Å². The third kappa shape index (κ3) is 24.1. The Kier molecular flexibility index (Phi) is 33.8. The fourth-order valence-corrected chi connectivity index (χ4v) is 16.8. The van der Waals surface area contributed by atoms with E-state index in [1.54, 1.807) is 177 Å². The van der Waals surface area contributed by atoms with Gasteiger partial charge in [-0.25, -0.2) is 56.3 Å². The third-order valence-electron chi connectivity index (χ3n) is 23.2. The van der Waals surface area contributed by atoms with Crippen molar-refractivity contribution in [3.8, 4) is 0 Å². The van der Waals surface area contributed by atoms with Gasteiger partial charge >= 0.3 is 17.9 Å². The number of aliphatic hydroxyl groups excluding tert-OH is 1. The summed E-state index contributed by atoms with van der Waals surface area (Å²) in [4.78, 5) is 95.1. The summed E-state index contributed by atoms with van der Waals surface area (Å²) in [6.07, 6.45) is 18.3. The molecule has 0 spiro atoms. The number of aromatic carboxylic acids is 1. The van der Waals surface area contributed by atoms with Crippen molar-refractivity contribution in [3.05, 3.63) is 424 Å². The summed E-state index contributed by atoms with van der Waals surface area (Å²) in [7, 11) is 2.65. The minimum Gasteiger partial charge on any atom is -0.477 e. The highest BCUT2D eigenvalue weighted by molar-refractivity contribution is 9.10. The van der Waals surface area contributed by atoms with Crippen LogP contribution in [0.5, 0.6) is 0 Å². The molecular weight excluding hydrogens is 1830 g/mol. The van der Waals surface area contributed by atoms with E-state index in [0.717, 1.165) is 135 Å². The number of benzene rings is 7. The Balaban J connectivity index is 0.000000141. The van der Waals surface area contributed by atoms with Crippen LogP contribution in [0, 0.1) is 29.1 Å². The Bertz CT molecular complexity index is 5840. The molecule has 11 heterocycles. The first kappa shape index (κ1) is 98.4. The fourth-order valence-electron chi connectivity index (χ4n) is 16.4. The number of carbonyl (C=O) groups is 6. The molecule has 4 N–H and O–H groups in total. The maximum atomic E-state index is 13.4. The number of pyridine rings is 6. The molecule has 0 aliphatic carbocycles. The normalized spacial score (nSPS) is 19.0. The Morgan fingerprint density at radius 2 is 0.612 bits per heavy atom. The lowest BCUT2D eigenvalue weighted by Crippen LogP contribution is -2.28. The number of carboxylic acids is 1. The second-order valence-corrected chi connectivity index (χ2v) is 33.1.